The van der Waals surface area contributed by atoms with Gasteiger partial charge in [-0.1, -0.05) is 29.8 Å². The molecule has 1 N–H and O–H groups in total. The molecule has 1 aliphatic heterocycles. The number of anilines is 2. The summed E-state index contributed by atoms with van der Waals surface area (Å²) in [4.78, 5) is 13.2. The van der Waals surface area contributed by atoms with E-state index in [0.29, 0.717) is 5.95 Å². The number of fused-ring (bicyclic) bond motifs is 1. The lowest BCUT2D eigenvalue weighted by Gasteiger charge is -2.29. The maximum atomic E-state index is 5.53. The third-order valence-electron chi connectivity index (χ3n) is 4.49. The molecule has 0 radical (unpaired) electrons. The van der Waals surface area contributed by atoms with Crippen LogP contribution in [-0.2, 0) is 4.74 Å². The number of benzene rings is 1. The fourth-order valence-corrected chi connectivity index (χ4v) is 4.28. The second-order valence-electron chi connectivity index (χ2n) is 8.04. The van der Waals surface area contributed by atoms with Crippen molar-refractivity contribution in [3.8, 4) is 10.4 Å². The van der Waals surface area contributed by atoms with Crippen molar-refractivity contribution in [2.75, 3.05) is 36.5 Å². The first kappa shape index (κ1) is 18.2. The monoisotopic (exact) mass is 382 g/mol. The van der Waals surface area contributed by atoms with Crippen LogP contribution in [0.2, 0.25) is 0 Å². The van der Waals surface area contributed by atoms with Gasteiger partial charge in [-0.05, 0) is 39.3 Å². The number of hydrogen-bond acceptors (Lipinski definition) is 6. The molecule has 142 valence electrons. The number of aryl methyl sites for hydroxylation is 1. The van der Waals surface area contributed by atoms with Crippen molar-refractivity contribution in [3.63, 3.8) is 0 Å². The van der Waals surface area contributed by atoms with E-state index in [4.69, 9.17) is 14.7 Å². The Hall–Kier alpha value is -2.18. The molecule has 1 fully saturated rings. The molecule has 0 amide bonds. The summed E-state index contributed by atoms with van der Waals surface area (Å²) < 4.78 is 6.68. The highest BCUT2D eigenvalue weighted by Crippen LogP contribution is 2.38. The van der Waals surface area contributed by atoms with Gasteiger partial charge >= 0.3 is 0 Å². The zero-order chi connectivity index (χ0) is 19.0. The van der Waals surface area contributed by atoms with E-state index >= 15 is 0 Å². The van der Waals surface area contributed by atoms with Crippen molar-refractivity contribution in [1.82, 2.24) is 9.97 Å². The number of hydrogen-bond donors (Lipinski definition) is 1. The highest BCUT2D eigenvalue weighted by molar-refractivity contribution is 7.22. The van der Waals surface area contributed by atoms with Crippen molar-refractivity contribution < 1.29 is 4.74 Å². The van der Waals surface area contributed by atoms with Crippen LogP contribution in [0.5, 0.6) is 0 Å². The number of aromatic nitrogens is 2. The van der Waals surface area contributed by atoms with Gasteiger partial charge in [0.05, 0.1) is 23.4 Å². The topological polar surface area (TPSA) is 50.3 Å². The van der Waals surface area contributed by atoms with Gasteiger partial charge in [-0.15, -0.1) is 11.3 Å². The maximum Gasteiger partial charge on any atom is 0.225 e. The van der Waals surface area contributed by atoms with E-state index in [9.17, 15) is 0 Å². The molecule has 2 aromatic heterocycles. The number of thiophene rings is 1. The van der Waals surface area contributed by atoms with Gasteiger partial charge < -0.3 is 15.0 Å². The summed E-state index contributed by atoms with van der Waals surface area (Å²) in [5.74, 6) is 1.70. The smallest absolute Gasteiger partial charge is 0.225 e. The van der Waals surface area contributed by atoms with Crippen LogP contribution >= 0.6 is 11.3 Å². The molecule has 27 heavy (non-hydrogen) atoms. The van der Waals surface area contributed by atoms with Crippen LogP contribution in [0, 0.1) is 6.92 Å². The number of ether oxygens (including phenoxy) is 1. The zero-order valence-corrected chi connectivity index (χ0v) is 17.2. The van der Waals surface area contributed by atoms with Crippen molar-refractivity contribution >= 4 is 33.3 Å². The van der Waals surface area contributed by atoms with Crippen LogP contribution in [0.4, 0.5) is 11.8 Å². The standard InChI is InChI=1S/C21H26N4OS/c1-14-5-7-15(8-6-14)17-13-16-18(27-17)19(25-9-11-26-12-10-25)23-20(22-16)24-21(2,3)4/h5-8,13H,9-12H2,1-4H3,(H,22,23,24). The van der Waals surface area contributed by atoms with Crippen LogP contribution in [0.25, 0.3) is 20.7 Å². The van der Waals surface area contributed by atoms with Crippen LogP contribution < -0.4 is 10.2 Å². The van der Waals surface area contributed by atoms with E-state index in [1.807, 2.05) is 0 Å². The first-order valence-corrected chi connectivity index (χ1v) is 10.2. The van der Waals surface area contributed by atoms with E-state index in [0.717, 1.165) is 42.3 Å². The molecule has 4 rings (SSSR count). The van der Waals surface area contributed by atoms with Gasteiger partial charge in [0.15, 0.2) is 5.82 Å². The van der Waals surface area contributed by atoms with E-state index in [1.165, 1.54) is 16.0 Å². The van der Waals surface area contributed by atoms with Crippen molar-refractivity contribution in [1.29, 1.82) is 0 Å². The molecule has 0 spiro atoms. The Morgan fingerprint density at radius 2 is 1.78 bits per heavy atom. The molecule has 3 heterocycles. The van der Waals surface area contributed by atoms with Gasteiger partial charge in [-0.25, -0.2) is 4.98 Å². The molecule has 1 saturated heterocycles. The average molecular weight is 383 g/mol. The summed E-state index contributed by atoms with van der Waals surface area (Å²) in [6, 6.07) is 10.8. The minimum absolute atomic E-state index is 0.0915. The van der Waals surface area contributed by atoms with Crippen molar-refractivity contribution in [3.05, 3.63) is 35.9 Å². The van der Waals surface area contributed by atoms with Crippen molar-refractivity contribution in [2.45, 2.75) is 33.2 Å². The average Bonchev–Trinajstić information content (AvgIpc) is 3.05. The van der Waals surface area contributed by atoms with Gasteiger partial charge in [0.25, 0.3) is 0 Å². The molecule has 1 aromatic carbocycles. The maximum absolute atomic E-state index is 5.53. The summed E-state index contributed by atoms with van der Waals surface area (Å²) in [6.07, 6.45) is 0. The fraction of sp³-hybridized carbons (Fsp3) is 0.429. The van der Waals surface area contributed by atoms with Gasteiger partial charge in [0.2, 0.25) is 5.95 Å². The fourth-order valence-electron chi connectivity index (χ4n) is 3.16. The summed E-state index contributed by atoms with van der Waals surface area (Å²) >= 11 is 1.77. The number of nitrogens with zero attached hydrogens (tertiary/aromatic N) is 3. The lowest BCUT2D eigenvalue weighted by atomic mass is 10.1. The van der Waals surface area contributed by atoms with Gasteiger partial charge in [-0.3, -0.25) is 0 Å². The Labute approximate surface area is 164 Å². The molecular formula is C21H26N4OS. The summed E-state index contributed by atoms with van der Waals surface area (Å²) in [5, 5.41) is 3.43. The molecule has 0 atom stereocenters. The quantitative estimate of drug-likeness (QED) is 0.711. The Kier molecular flexibility index (Phi) is 4.78. The molecule has 0 bridgehead atoms. The largest absolute Gasteiger partial charge is 0.378 e. The van der Waals surface area contributed by atoms with Crippen LogP contribution in [0.1, 0.15) is 26.3 Å². The second kappa shape index (κ2) is 7.09. The minimum Gasteiger partial charge on any atom is -0.378 e. The molecule has 0 aliphatic carbocycles. The summed E-state index contributed by atoms with van der Waals surface area (Å²) in [6.45, 7) is 11.7. The van der Waals surface area contributed by atoms with Gasteiger partial charge in [0.1, 0.15) is 0 Å². The molecular weight excluding hydrogens is 356 g/mol. The van der Waals surface area contributed by atoms with Crippen LogP contribution in [0.3, 0.4) is 0 Å². The van der Waals surface area contributed by atoms with E-state index in [1.54, 1.807) is 11.3 Å². The predicted molar refractivity (Wildman–Crippen MR) is 114 cm³/mol. The number of rotatable bonds is 3. The molecule has 0 unspecified atom stereocenters. The SMILES string of the molecule is Cc1ccc(-c2cc3nc(NC(C)(C)C)nc(N4CCOCC4)c3s2)cc1. The molecule has 5 nitrogen and oxygen atoms in total. The first-order valence-electron chi connectivity index (χ1n) is 9.38. The predicted octanol–water partition coefficient (Wildman–Crippen LogP) is 4.71. The molecule has 0 saturated carbocycles. The van der Waals surface area contributed by atoms with E-state index < -0.39 is 0 Å². The lowest BCUT2D eigenvalue weighted by molar-refractivity contribution is 0.122. The highest BCUT2D eigenvalue weighted by atomic mass is 32.1. The van der Waals surface area contributed by atoms with E-state index in [-0.39, 0.29) is 5.54 Å². The number of nitrogens with one attached hydrogen (secondary N) is 1. The summed E-state index contributed by atoms with van der Waals surface area (Å²) in [7, 11) is 0. The Bertz CT molecular complexity index is 937. The Morgan fingerprint density at radius 3 is 2.44 bits per heavy atom. The van der Waals surface area contributed by atoms with Crippen molar-refractivity contribution in [2.24, 2.45) is 0 Å². The highest BCUT2D eigenvalue weighted by Gasteiger charge is 2.21. The number of morpholine rings is 1. The third kappa shape index (κ3) is 4.06. The van der Waals surface area contributed by atoms with Gasteiger partial charge in [0, 0.05) is 23.5 Å². The zero-order valence-electron chi connectivity index (χ0n) is 16.4. The van der Waals surface area contributed by atoms with Crippen LogP contribution in [0.15, 0.2) is 30.3 Å². The third-order valence-corrected chi connectivity index (χ3v) is 5.66. The normalized spacial score (nSPS) is 15.3. The molecule has 1 aliphatic rings. The Morgan fingerprint density at radius 1 is 1.07 bits per heavy atom. The summed E-state index contributed by atoms with van der Waals surface area (Å²) in [5.41, 5.74) is 3.40. The van der Waals surface area contributed by atoms with Crippen LogP contribution in [-0.4, -0.2) is 41.8 Å². The van der Waals surface area contributed by atoms with E-state index in [2.05, 4.69) is 68.2 Å². The Balaban J connectivity index is 1.82. The minimum atomic E-state index is -0.0915. The lowest BCUT2D eigenvalue weighted by Crippen LogP contribution is -2.37. The molecule has 3 aromatic rings. The molecule has 6 heteroatoms. The first-order chi connectivity index (χ1) is 12.9. The van der Waals surface area contributed by atoms with Gasteiger partial charge in [-0.2, -0.15) is 4.98 Å². The second-order valence-corrected chi connectivity index (χ2v) is 9.09.